The number of Topliss-reactive ketones (excluding diaryl/α,β-unsaturated/α-hetero) is 1. The predicted molar refractivity (Wildman–Crippen MR) is 110 cm³/mol. The number of hydrogen-bond acceptors (Lipinski definition) is 6. The first-order chi connectivity index (χ1) is 14.5. The molecule has 0 unspecified atom stereocenters. The molecule has 4 rings (SSSR count). The lowest BCUT2D eigenvalue weighted by atomic mass is 10.0. The van der Waals surface area contributed by atoms with E-state index in [4.69, 9.17) is 9.47 Å². The Morgan fingerprint density at radius 3 is 2.47 bits per heavy atom. The summed E-state index contributed by atoms with van der Waals surface area (Å²) in [7, 11) is 1.56. The van der Waals surface area contributed by atoms with Crippen molar-refractivity contribution in [3.63, 3.8) is 0 Å². The molecule has 0 spiro atoms. The molecule has 1 N–H and O–H groups in total. The second kappa shape index (κ2) is 8.73. The summed E-state index contributed by atoms with van der Waals surface area (Å²) in [6, 6.07) is 4.92. The van der Waals surface area contributed by atoms with E-state index in [2.05, 4.69) is 5.32 Å². The van der Waals surface area contributed by atoms with E-state index in [1.807, 2.05) is 4.90 Å². The number of allylic oxidation sites excluding steroid dienone is 2. The first-order valence-electron chi connectivity index (χ1n) is 10.5. The molecule has 1 amide bonds. The van der Waals surface area contributed by atoms with Gasteiger partial charge in [-0.3, -0.25) is 14.4 Å². The van der Waals surface area contributed by atoms with E-state index in [0.717, 1.165) is 51.6 Å². The molecule has 0 bridgehead atoms. The third kappa shape index (κ3) is 4.25. The number of rotatable bonds is 6. The summed E-state index contributed by atoms with van der Waals surface area (Å²) in [6.45, 7) is 1.48. The Bertz CT molecular complexity index is 922. The molecule has 30 heavy (non-hydrogen) atoms. The molecule has 1 saturated heterocycles. The van der Waals surface area contributed by atoms with Crippen molar-refractivity contribution in [3.8, 4) is 11.5 Å². The van der Waals surface area contributed by atoms with Crippen LogP contribution in [-0.2, 0) is 9.59 Å². The van der Waals surface area contributed by atoms with Gasteiger partial charge in [0.1, 0.15) is 0 Å². The molecular weight excluding hydrogens is 384 g/mol. The molecule has 1 aliphatic heterocycles. The van der Waals surface area contributed by atoms with Crippen molar-refractivity contribution < 1.29 is 23.9 Å². The Hall–Kier alpha value is -3.09. The minimum atomic E-state index is -0.469. The molecular formula is C23H26N2O5. The topological polar surface area (TPSA) is 84.9 Å². The number of benzene rings is 1. The summed E-state index contributed by atoms with van der Waals surface area (Å²) in [5.41, 5.74) is 0.695. The van der Waals surface area contributed by atoms with E-state index >= 15 is 0 Å². The molecule has 7 nitrogen and oxygen atoms in total. The third-order valence-electron chi connectivity index (χ3n) is 5.76. The second-order valence-corrected chi connectivity index (χ2v) is 7.86. The SMILES string of the molecule is COc1ccc(C(=O)NC2=CC(=O)C=C(N3CCCC3)C2=O)cc1OC1CCCC1. The number of nitrogens with zero attached hydrogens (tertiary/aromatic N) is 1. The lowest BCUT2D eigenvalue weighted by molar-refractivity contribution is -0.116. The van der Waals surface area contributed by atoms with Gasteiger partial charge >= 0.3 is 0 Å². The van der Waals surface area contributed by atoms with Crippen molar-refractivity contribution in [1.82, 2.24) is 10.2 Å². The average Bonchev–Trinajstić information content (AvgIpc) is 3.44. The van der Waals surface area contributed by atoms with Crippen LogP contribution >= 0.6 is 0 Å². The van der Waals surface area contributed by atoms with Crippen LogP contribution in [0.3, 0.4) is 0 Å². The molecule has 1 heterocycles. The third-order valence-corrected chi connectivity index (χ3v) is 5.76. The van der Waals surface area contributed by atoms with Crippen LogP contribution < -0.4 is 14.8 Å². The molecule has 1 saturated carbocycles. The minimum Gasteiger partial charge on any atom is -0.493 e. The zero-order valence-corrected chi connectivity index (χ0v) is 17.1. The normalized spacial score (nSPS) is 19.6. The average molecular weight is 410 g/mol. The molecule has 7 heteroatoms. The predicted octanol–water partition coefficient (Wildman–Crippen LogP) is 2.76. The maximum absolute atomic E-state index is 12.8. The van der Waals surface area contributed by atoms with Gasteiger partial charge in [-0.2, -0.15) is 0 Å². The number of methoxy groups -OCH3 is 1. The van der Waals surface area contributed by atoms with E-state index in [-0.39, 0.29) is 23.4 Å². The number of hydrogen-bond donors (Lipinski definition) is 1. The molecule has 1 aromatic carbocycles. The van der Waals surface area contributed by atoms with Crippen LogP contribution in [0.4, 0.5) is 0 Å². The maximum atomic E-state index is 12.8. The van der Waals surface area contributed by atoms with E-state index < -0.39 is 5.91 Å². The molecule has 0 aromatic heterocycles. The number of amides is 1. The number of ketones is 2. The Labute approximate surface area is 175 Å². The van der Waals surface area contributed by atoms with Crippen molar-refractivity contribution in [2.75, 3.05) is 20.2 Å². The van der Waals surface area contributed by atoms with Gasteiger partial charge in [0.25, 0.3) is 5.91 Å². The Morgan fingerprint density at radius 1 is 1.03 bits per heavy atom. The zero-order chi connectivity index (χ0) is 21.1. The monoisotopic (exact) mass is 410 g/mol. The summed E-state index contributed by atoms with van der Waals surface area (Å²) < 4.78 is 11.4. The number of nitrogens with one attached hydrogen (secondary N) is 1. The van der Waals surface area contributed by atoms with Gasteiger partial charge in [0.15, 0.2) is 17.3 Å². The van der Waals surface area contributed by atoms with Gasteiger partial charge in [-0.1, -0.05) is 0 Å². The van der Waals surface area contributed by atoms with Crippen LogP contribution in [0, 0.1) is 0 Å². The molecule has 2 fully saturated rings. The zero-order valence-electron chi connectivity index (χ0n) is 17.1. The Morgan fingerprint density at radius 2 is 1.77 bits per heavy atom. The molecule has 0 radical (unpaired) electrons. The Kier molecular flexibility index (Phi) is 5.88. The van der Waals surface area contributed by atoms with E-state index in [1.165, 1.54) is 12.2 Å². The lowest BCUT2D eigenvalue weighted by Gasteiger charge is -2.23. The van der Waals surface area contributed by atoms with Gasteiger partial charge in [0.05, 0.1) is 24.6 Å². The van der Waals surface area contributed by atoms with Crippen LogP contribution in [0.15, 0.2) is 41.7 Å². The molecule has 158 valence electrons. The van der Waals surface area contributed by atoms with Crippen molar-refractivity contribution in [2.24, 2.45) is 0 Å². The van der Waals surface area contributed by atoms with Crippen molar-refractivity contribution in [2.45, 2.75) is 44.6 Å². The fraction of sp³-hybridized carbons (Fsp3) is 0.435. The van der Waals surface area contributed by atoms with E-state index in [9.17, 15) is 14.4 Å². The number of ether oxygens (including phenoxy) is 2. The standard InChI is InChI=1S/C23H26N2O5/c1-29-20-9-8-15(12-21(20)30-17-6-2-3-7-17)23(28)24-18-13-16(26)14-19(22(18)27)25-10-4-5-11-25/h8-9,12-14,17H,2-7,10-11H2,1H3,(H,24,28). The molecule has 3 aliphatic rings. The highest BCUT2D eigenvalue weighted by Gasteiger charge is 2.29. The van der Waals surface area contributed by atoms with Gasteiger partial charge in [0.2, 0.25) is 5.78 Å². The second-order valence-electron chi connectivity index (χ2n) is 7.86. The van der Waals surface area contributed by atoms with E-state index in [0.29, 0.717) is 22.8 Å². The minimum absolute atomic E-state index is 0.00322. The fourth-order valence-corrected chi connectivity index (χ4v) is 4.16. The summed E-state index contributed by atoms with van der Waals surface area (Å²) >= 11 is 0. The van der Waals surface area contributed by atoms with Gasteiger partial charge < -0.3 is 19.7 Å². The first-order valence-corrected chi connectivity index (χ1v) is 10.5. The largest absolute Gasteiger partial charge is 0.493 e. The highest BCUT2D eigenvalue weighted by molar-refractivity contribution is 6.21. The van der Waals surface area contributed by atoms with Crippen molar-refractivity contribution in [3.05, 3.63) is 47.3 Å². The van der Waals surface area contributed by atoms with Crippen LogP contribution in [0.1, 0.15) is 48.9 Å². The van der Waals surface area contributed by atoms with Gasteiger partial charge in [-0.25, -0.2) is 0 Å². The fourth-order valence-electron chi connectivity index (χ4n) is 4.16. The van der Waals surface area contributed by atoms with Crippen LogP contribution in [-0.4, -0.2) is 48.7 Å². The van der Waals surface area contributed by atoms with E-state index in [1.54, 1.807) is 25.3 Å². The molecule has 2 aliphatic carbocycles. The Balaban J connectivity index is 1.50. The van der Waals surface area contributed by atoms with Crippen LogP contribution in [0.2, 0.25) is 0 Å². The van der Waals surface area contributed by atoms with Gasteiger partial charge in [-0.05, 0) is 56.7 Å². The summed E-state index contributed by atoms with van der Waals surface area (Å²) in [5, 5.41) is 2.62. The molecule has 0 atom stereocenters. The van der Waals surface area contributed by atoms with Gasteiger partial charge in [0, 0.05) is 30.8 Å². The van der Waals surface area contributed by atoms with Crippen molar-refractivity contribution in [1.29, 1.82) is 0 Å². The quantitative estimate of drug-likeness (QED) is 0.726. The smallest absolute Gasteiger partial charge is 0.255 e. The molecule has 1 aromatic rings. The van der Waals surface area contributed by atoms with Crippen molar-refractivity contribution >= 4 is 17.5 Å². The number of likely N-dealkylation sites (tertiary alicyclic amines) is 1. The first kappa shape index (κ1) is 20.2. The maximum Gasteiger partial charge on any atom is 0.255 e. The van der Waals surface area contributed by atoms with Crippen LogP contribution in [0.25, 0.3) is 0 Å². The summed E-state index contributed by atoms with van der Waals surface area (Å²) in [4.78, 5) is 39.7. The number of carbonyl (C=O) groups excluding carboxylic acids is 3. The van der Waals surface area contributed by atoms with Crippen LogP contribution in [0.5, 0.6) is 11.5 Å². The summed E-state index contributed by atoms with van der Waals surface area (Å²) in [5.74, 6) is -0.0351. The highest BCUT2D eigenvalue weighted by Crippen LogP contribution is 2.32. The summed E-state index contributed by atoms with van der Waals surface area (Å²) in [6.07, 6.45) is 8.84. The highest BCUT2D eigenvalue weighted by atomic mass is 16.5. The van der Waals surface area contributed by atoms with Gasteiger partial charge in [-0.15, -0.1) is 0 Å². The lowest BCUT2D eigenvalue weighted by Crippen LogP contribution is -2.35. The number of carbonyl (C=O) groups is 3.